The van der Waals surface area contributed by atoms with Crippen molar-refractivity contribution in [2.24, 2.45) is 0 Å². The van der Waals surface area contributed by atoms with Gasteiger partial charge in [-0.1, -0.05) is 0 Å². The van der Waals surface area contributed by atoms with Crippen molar-refractivity contribution >= 4 is 6.79 Å². The topological polar surface area (TPSA) is 57.5 Å². The molecule has 0 saturated heterocycles. The summed E-state index contributed by atoms with van der Waals surface area (Å²) in [7, 11) is 0. The number of hydrogen-bond donors (Lipinski definition) is 2. The second-order valence-electron chi connectivity index (χ2n) is 1.51. The maximum Gasteiger partial charge on any atom is 0.106 e. The molecule has 0 aliphatic carbocycles. The molecule has 56 valence electrons. The molecule has 0 aliphatic heterocycles. The smallest absolute Gasteiger partial charge is 0.106 e. The summed E-state index contributed by atoms with van der Waals surface area (Å²) in [6.45, 7) is 2.50. The van der Waals surface area contributed by atoms with Gasteiger partial charge < -0.3 is 15.0 Å². The first-order valence-corrected chi connectivity index (χ1v) is 2.92. The lowest BCUT2D eigenvalue weighted by Gasteiger charge is -1.90. The van der Waals surface area contributed by atoms with Crippen LogP contribution in [0.5, 0.6) is 0 Å². The Kier molecular flexibility index (Phi) is 19.8. The Labute approximate surface area is 55.3 Å². The van der Waals surface area contributed by atoms with Crippen molar-refractivity contribution < 1.29 is 15.0 Å². The minimum absolute atomic E-state index is 0.250. The fourth-order valence-electron chi connectivity index (χ4n) is 0.400. The molecule has 3 heteroatoms. The molecule has 0 unspecified atom stereocenters. The minimum Gasteiger partial charge on any atom is -0.396 e. The van der Waals surface area contributed by atoms with E-state index in [4.69, 9.17) is 15.0 Å². The molecule has 0 atom stereocenters. The highest BCUT2D eigenvalue weighted by Crippen LogP contribution is 1.90. The number of carbonyl (C=O) groups excluding carboxylic acids is 1. The number of aliphatic hydroxyl groups is 2. The first-order valence-electron chi connectivity index (χ1n) is 2.92. The summed E-state index contributed by atoms with van der Waals surface area (Å²) in [4.78, 5) is 8.00. The molecular formula is C6H14O3. The van der Waals surface area contributed by atoms with Crippen LogP contribution in [-0.4, -0.2) is 30.2 Å². The van der Waals surface area contributed by atoms with Gasteiger partial charge in [-0.15, -0.1) is 0 Å². The van der Waals surface area contributed by atoms with Crippen molar-refractivity contribution in [3.05, 3.63) is 0 Å². The lowest BCUT2D eigenvalue weighted by molar-refractivity contribution is -0.0979. The first-order chi connectivity index (χ1) is 4.41. The van der Waals surface area contributed by atoms with Crippen molar-refractivity contribution in [1.29, 1.82) is 0 Å². The standard InChI is InChI=1S/C5H12O2.CH2O/c6-4-2-1-3-5-7;1-2/h6-7H,1-5H2;1H2. The van der Waals surface area contributed by atoms with Crippen LogP contribution in [0.25, 0.3) is 0 Å². The van der Waals surface area contributed by atoms with E-state index in [0.717, 1.165) is 19.3 Å². The van der Waals surface area contributed by atoms with E-state index >= 15 is 0 Å². The monoisotopic (exact) mass is 134 g/mol. The summed E-state index contributed by atoms with van der Waals surface area (Å²) in [6, 6.07) is 0. The second kappa shape index (κ2) is 15.6. The SMILES string of the molecule is C=O.OCCCCCO. The molecular weight excluding hydrogens is 120 g/mol. The summed E-state index contributed by atoms with van der Waals surface area (Å²) in [5.41, 5.74) is 0. The van der Waals surface area contributed by atoms with Crippen LogP contribution in [0.15, 0.2) is 0 Å². The predicted octanol–water partition coefficient (Wildman–Crippen LogP) is -0.0436. The Bertz CT molecular complexity index is 35.3. The van der Waals surface area contributed by atoms with E-state index in [2.05, 4.69) is 0 Å². The normalized spacial score (nSPS) is 7.78. The minimum atomic E-state index is 0.250. The van der Waals surface area contributed by atoms with E-state index in [-0.39, 0.29) is 13.2 Å². The summed E-state index contributed by atoms with van der Waals surface area (Å²) < 4.78 is 0. The molecule has 0 radical (unpaired) electrons. The summed E-state index contributed by atoms with van der Waals surface area (Å²) in [5, 5.41) is 16.4. The van der Waals surface area contributed by atoms with Crippen LogP contribution in [0.4, 0.5) is 0 Å². The van der Waals surface area contributed by atoms with E-state index < -0.39 is 0 Å². The molecule has 0 aromatic heterocycles. The third-order valence-electron chi connectivity index (χ3n) is 0.816. The molecule has 0 amide bonds. The van der Waals surface area contributed by atoms with E-state index in [0.29, 0.717) is 0 Å². The van der Waals surface area contributed by atoms with Gasteiger partial charge in [-0.3, -0.25) is 0 Å². The highest BCUT2D eigenvalue weighted by Gasteiger charge is 1.81. The zero-order valence-corrected chi connectivity index (χ0v) is 5.55. The average Bonchev–Trinajstić information content (AvgIpc) is 1.94. The third kappa shape index (κ3) is 18.4. The van der Waals surface area contributed by atoms with Gasteiger partial charge in [0.2, 0.25) is 0 Å². The van der Waals surface area contributed by atoms with Gasteiger partial charge in [0, 0.05) is 13.2 Å². The molecule has 0 fully saturated rings. The third-order valence-corrected chi connectivity index (χ3v) is 0.816. The molecule has 0 rings (SSSR count). The largest absolute Gasteiger partial charge is 0.396 e. The molecule has 0 spiro atoms. The Morgan fingerprint density at radius 2 is 1.22 bits per heavy atom. The van der Waals surface area contributed by atoms with Crippen LogP contribution < -0.4 is 0 Å². The number of carbonyl (C=O) groups is 1. The zero-order valence-electron chi connectivity index (χ0n) is 5.55. The van der Waals surface area contributed by atoms with Gasteiger partial charge in [-0.05, 0) is 19.3 Å². The van der Waals surface area contributed by atoms with Crippen molar-refractivity contribution in [2.45, 2.75) is 19.3 Å². The van der Waals surface area contributed by atoms with E-state index in [1.54, 1.807) is 0 Å². The molecule has 0 aliphatic rings. The highest BCUT2D eigenvalue weighted by atomic mass is 16.3. The van der Waals surface area contributed by atoms with Crippen LogP contribution >= 0.6 is 0 Å². The van der Waals surface area contributed by atoms with Gasteiger partial charge in [0.25, 0.3) is 0 Å². The first kappa shape index (κ1) is 11.4. The van der Waals surface area contributed by atoms with Crippen LogP contribution in [0, 0.1) is 0 Å². The maximum absolute atomic E-state index is 8.21. The summed E-state index contributed by atoms with van der Waals surface area (Å²) >= 11 is 0. The number of rotatable bonds is 4. The van der Waals surface area contributed by atoms with Crippen LogP contribution in [0.3, 0.4) is 0 Å². The van der Waals surface area contributed by atoms with Gasteiger partial charge in [0.1, 0.15) is 6.79 Å². The van der Waals surface area contributed by atoms with Crippen LogP contribution in [-0.2, 0) is 4.79 Å². The van der Waals surface area contributed by atoms with Gasteiger partial charge in [-0.25, -0.2) is 0 Å². The maximum atomic E-state index is 8.21. The molecule has 0 saturated carbocycles. The second-order valence-corrected chi connectivity index (χ2v) is 1.51. The highest BCUT2D eigenvalue weighted by molar-refractivity contribution is 5.10. The average molecular weight is 134 g/mol. The number of hydrogen-bond acceptors (Lipinski definition) is 3. The Hall–Kier alpha value is -0.410. The number of aliphatic hydroxyl groups excluding tert-OH is 2. The van der Waals surface area contributed by atoms with Crippen molar-refractivity contribution in [1.82, 2.24) is 0 Å². The Morgan fingerprint density at radius 3 is 1.44 bits per heavy atom. The fraction of sp³-hybridized carbons (Fsp3) is 0.833. The molecule has 0 heterocycles. The molecule has 3 nitrogen and oxygen atoms in total. The van der Waals surface area contributed by atoms with Crippen molar-refractivity contribution in [3.63, 3.8) is 0 Å². The molecule has 0 bridgehead atoms. The molecule has 9 heavy (non-hydrogen) atoms. The van der Waals surface area contributed by atoms with E-state index in [9.17, 15) is 0 Å². The van der Waals surface area contributed by atoms with E-state index in [1.807, 2.05) is 6.79 Å². The Morgan fingerprint density at radius 1 is 0.889 bits per heavy atom. The van der Waals surface area contributed by atoms with Crippen molar-refractivity contribution in [2.75, 3.05) is 13.2 Å². The molecule has 0 aromatic rings. The number of unbranched alkanes of at least 4 members (excludes halogenated alkanes) is 2. The van der Waals surface area contributed by atoms with Gasteiger partial charge in [-0.2, -0.15) is 0 Å². The summed E-state index contributed by atoms with van der Waals surface area (Å²) in [5.74, 6) is 0. The zero-order chi connectivity index (χ0) is 7.54. The predicted molar refractivity (Wildman–Crippen MR) is 35.1 cm³/mol. The summed E-state index contributed by atoms with van der Waals surface area (Å²) in [6.07, 6.45) is 2.58. The van der Waals surface area contributed by atoms with Crippen LogP contribution in [0.2, 0.25) is 0 Å². The quantitative estimate of drug-likeness (QED) is 0.530. The van der Waals surface area contributed by atoms with Gasteiger partial charge in [0.15, 0.2) is 0 Å². The fourth-order valence-corrected chi connectivity index (χ4v) is 0.400. The molecule has 2 N–H and O–H groups in total. The lowest BCUT2D eigenvalue weighted by Crippen LogP contribution is -1.85. The van der Waals surface area contributed by atoms with Crippen molar-refractivity contribution in [3.8, 4) is 0 Å². The van der Waals surface area contributed by atoms with E-state index in [1.165, 1.54) is 0 Å². The van der Waals surface area contributed by atoms with Crippen LogP contribution in [0.1, 0.15) is 19.3 Å². The molecule has 0 aromatic carbocycles. The van der Waals surface area contributed by atoms with Gasteiger partial charge in [0.05, 0.1) is 0 Å². The Balaban J connectivity index is 0. The van der Waals surface area contributed by atoms with Gasteiger partial charge >= 0.3 is 0 Å². The lowest BCUT2D eigenvalue weighted by atomic mass is 10.2.